The fourth-order valence-corrected chi connectivity index (χ4v) is 2.99. The standard InChI is InChI=1S/C14H29N3S/c1-12(2)11-18-10-4-7-16-14(15)17-8-5-13(3)6-9-17/h12-13H,4-11H2,1-3H3,(H2,15,16). The van der Waals surface area contributed by atoms with E-state index in [0.29, 0.717) is 0 Å². The molecule has 0 spiro atoms. The number of rotatable bonds is 6. The van der Waals surface area contributed by atoms with E-state index in [1.807, 2.05) is 11.8 Å². The van der Waals surface area contributed by atoms with Gasteiger partial charge >= 0.3 is 0 Å². The number of likely N-dealkylation sites (tertiary alicyclic amines) is 1. The SMILES string of the molecule is CC(C)CSCCCN=C(N)N1CCC(C)CC1. The van der Waals surface area contributed by atoms with Gasteiger partial charge in [-0.05, 0) is 42.6 Å². The second-order valence-electron chi connectivity index (χ2n) is 5.73. The van der Waals surface area contributed by atoms with Gasteiger partial charge in [-0.15, -0.1) is 0 Å². The predicted octanol–water partition coefficient (Wildman–Crippen LogP) is 2.81. The van der Waals surface area contributed by atoms with Crippen molar-refractivity contribution in [3.63, 3.8) is 0 Å². The smallest absolute Gasteiger partial charge is 0.191 e. The van der Waals surface area contributed by atoms with Gasteiger partial charge in [0, 0.05) is 19.6 Å². The molecule has 0 aromatic rings. The quantitative estimate of drug-likeness (QED) is 0.459. The Balaban J connectivity index is 2.10. The van der Waals surface area contributed by atoms with Gasteiger partial charge < -0.3 is 10.6 Å². The highest BCUT2D eigenvalue weighted by Gasteiger charge is 2.16. The van der Waals surface area contributed by atoms with Crippen LogP contribution in [0.5, 0.6) is 0 Å². The first-order chi connectivity index (χ1) is 8.59. The lowest BCUT2D eigenvalue weighted by molar-refractivity contribution is 0.277. The largest absolute Gasteiger partial charge is 0.370 e. The maximum atomic E-state index is 6.03. The van der Waals surface area contributed by atoms with Crippen molar-refractivity contribution in [1.29, 1.82) is 0 Å². The summed E-state index contributed by atoms with van der Waals surface area (Å²) in [5.41, 5.74) is 6.03. The molecule has 1 heterocycles. The van der Waals surface area contributed by atoms with Gasteiger partial charge in [0.1, 0.15) is 0 Å². The Morgan fingerprint density at radius 3 is 2.67 bits per heavy atom. The Bertz CT molecular complexity index is 245. The zero-order valence-corrected chi connectivity index (χ0v) is 13.0. The Kier molecular flexibility index (Phi) is 7.56. The van der Waals surface area contributed by atoms with Crippen LogP contribution in [0.25, 0.3) is 0 Å². The maximum absolute atomic E-state index is 6.03. The predicted molar refractivity (Wildman–Crippen MR) is 83.2 cm³/mol. The number of hydrogen-bond donors (Lipinski definition) is 1. The molecule has 0 bridgehead atoms. The Morgan fingerprint density at radius 2 is 2.06 bits per heavy atom. The van der Waals surface area contributed by atoms with E-state index >= 15 is 0 Å². The first-order valence-electron chi connectivity index (χ1n) is 7.22. The molecule has 0 unspecified atom stereocenters. The number of thioether (sulfide) groups is 1. The van der Waals surface area contributed by atoms with Crippen molar-refractivity contribution in [1.82, 2.24) is 4.90 Å². The summed E-state index contributed by atoms with van der Waals surface area (Å²) in [7, 11) is 0. The second-order valence-corrected chi connectivity index (χ2v) is 6.88. The van der Waals surface area contributed by atoms with Gasteiger partial charge in [-0.25, -0.2) is 0 Å². The third kappa shape index (κ3) is 6.53. The van der Waals surface area contributed by atoms with Crippen LogP contribution in [0.3, 0.4) is 0 Å². The molecule has 106 valence electrons. The van der Waals surface area contributed by atoms with E-state index in [4.69, 9.17) is 5.73 Å². The summed E-state index contributed by atoms with van der Waals surface area (Å²) in [5.74, 6) is 4.85. The van der Waals surface area contributed by atoms with Crippen LogP contribution < -0.4 is 5.73 Å². The molecule has 0 radical (unpaired) electrons. The molecule has 0 aliphatic carbocycles. The molecule has 0 atom stereocenters. The van der Waals surface area contributed by atoms with Crippen molar-refractivity contribution in [2.24, 2.45) is 22.6 Å². The van der Waals surface area contributed by atoms with E-state index in [0.717, 1.165) is 43.9 Å². The molecule has 1 saturated heterocycles. The molecule has 0 aromatic heterocycles. The molecule has 0 aromatic carbocycles. The number of hydrogen-bond acceptors (Lipinski definition) is 2. The summed E-state index contributed by atoms with van der Waals surface area (Å²) in [5, 5.41) is 0. The number of nitrogens with two attached hydrogens (primary N) is 1. The molecule has 4 heteroatoms. The summed E-state index contributed by atoms with van der Waals surface area (Å²) in [6.07, 6.45) is 3.64. The van der Waals surface area contributed by atoms with Crippen LogP contribution in [0.2, 0.25) is 0 Å². The Morgan fingerprint density at radius 1 is 1.39 bits per heavy atom. The van der Waals surface area contributed by atoms with Crippen molar-refractivity contribution >= 4 is 17.7 Å². The molecule has 1 aliphatic rings. The van der Waals surface area contributed by atoms with Crippen LogP contribution in [0.1, 0.15) is 40.0 Å². The maximum Gasteiger partial charge on any atom is 0.191 e. The molecule has 1 fully saturated rings. The third-order valence-electron chi connectivity index (χ3n) is 3.28. The highest BCUT2D eigenvalue weighted by molar-refractivity contribution is 7.99. The Labute approximate surface area is 117 Å². The molecular weight excluding hydrogens is 242 g/mol. The lowest BCUT2D eigenvalue weighted by atomic mass is 10.00. The van der Waals surface area contributed by atoms with Gasteiger partial charge in [-0.1, -0.05) is 20.8 Å². The average Bonchev–Trinajstić information content (AvgIpc) is 2.34. The normalized spacial score (nSPS) is 18.7. The third-order valence-corrected chi connectivity index (χ3v) is 4.76. The molecular formula is C14H29N3S. The zero-order chi connectivity index (χ0) is 13.4. The lowest BCUT2D eigenvalue weighted by Gasteiger charge is -2.31. The average molecular weight is 271 g/mol. The van der Waals surface area contributed by atoms with Crippen molar-refractivity contribution < 1.29 is 0 Å². The number of nitrogens with zero attached hydrogens (tertiary/aromatic N) is 2. The minimum atomic E-state index is 0.760. The van der Waals surface area contributed by atoms with Gasteiger partial charge in [0.05, 0.1) is 0 Å². The van der Waals surface area contributed by atoms with E-state index in [-0.39, 0.29) is 0 Å². The topological polar surface area (TPSA) is 41.6 Å². The van der Waals surface area contributed by atoms with Gasteiger partial charge in [0.15, 0.2) is 5.96 Å². The fourth-order valence-electron chi connectivity index (χ4n) is 2.02. The van der Waals surface area contributed by atoms with E-state index in [2.05, 4.69) is 30.7 Å². The highest BCUT2D eigenvalue weighted by Crippen LogP contribution is 2.15. The summed E-state index contributed by atoms with van der Waals surface area (Å²) >= 11 is 2.03. The van der Waals surface area contributed by atoms with Crippen LogP contribution in [0.4, 0.5) is 0 Å². The van der Waals surface area contributed by atoms with Gasteiger partial charge in [0.25, 0.3) is 0 Å². The highest BCUT2D eigenvalue weighted by atomic mass is 32.2. The molecule has 0 amide bonds. The molecule has 1 aliphatic heterocycles. The summed E-state index contributed by atoms with van der Waals surface area (Å²) in [6.45, 7) is 9.89. The zero-order valence-electron chi connectivity index (χ0n) is 12.2. The summed E-state index contributed by atoms with van der Waals surface area (Å²) in [4.78, 5) is 6.73. The van der Waals surface area contributed by atoms with Crippen LogP contribution in [0, 0.1) is 11.8 Å². The van der Waals surface area contributed by atoms with Gasteiger partial charge in [0.2, 0.25) is 0 Å². The van der Waals surface area contributed by atoms with Crippen LogP contribution in [-0.2, 0) is 0 Å². The minimum absolute atomic E-state index is 0.760. The van der Waals surface area contributed by atoms with Crippen LogP contribution in [-0.4, -0.2) is 42.0 Å². The lowest BCUT2D eigenvalue weighted by Crippen LogP contribution is -2.42. The van der Waals surface area contributed by atoms with Crippen molar-refractivity contribution in [2.45, 2.75) is 40.0 Å². The second kappa shape index (κ2) is 8.68. The summed E-state index contributed by atoms with van der Waals surface area (Å²) in [6, 6.07) is 0. The molecule has 0 saturated carbocycles. The molecule has 18 heavy (non-hydrogen) atoms. The van der Waals surface area contributed by atoms with E-state index in [9.17, 15) is 0 Å². The van der Waals surface area contributed by atoms with Crippen molar-refractivity contribution in [2.75, 3.05) is 31.1 Å². The minimum Gasteiger partial charge on any atom is -0.370 e. The molecule has 1 rings (SSSR count). The Hall–Kier alpha value is -0.380. The molecule has 3 nitrogen and oxygen atoms in total. The van der Waals surface area contributed by atoms with Crippen molar-refractivity contribution in [3.8, 4) is 0 Å². The molecule has 2 N–H and O–H groups in total. The van der Waals surface area contributed by atoms with Crippen LogP contribution in [0.15, 0.2) is 4.99 Å². The summed E-state index contributed by atoms with van der Waals surface area (Å²) < 4.78 is 0. The number of aliphatic imine (C=N–C) groups is 1. The fraction of sp³-hybridized carbons (Fsp3) is 0.929. The van der Waals surface area contributed by atoms with Gasteiger partial charge in [-0.2, -0.15) is 11.8 Å². The first-order valence-corrected chi connectivity index (χ1v) is 8.37. The first kappa shape index (κ1) is 15.7. The van der Waals surface area contributed by atoms with Crippen LogP contribution >= 0.6 is 11.8 Å². The van der Waals surface area contributed by atoms with E-state index in [1.54, 1.807) is 0 Å². The number of piperidine rings is 1. The van der Waals surface area contributed by atoms with E-state index in [1.165, 1.54) is 24.3 Å². The van der Waals surface area contributed by atoms with Crippen molar-refractivity contribution in [3.05, 3.63) is 0 Å². The van der Waals surface area contributed by atoms with E-state index < -0.39 is 0 Å². The monoisotopic (exact) mass is 271 g/mol. The number of guanidine groups is 1. The van der Waals surface area contributed by atoms with Gasteiger partial charge in [-0.3, -0.25) is 4.99 Å².